The van der Waals surface area contributed by atoms with E-state index in [4.69, 9.17) is 0 Å². The Labute approximate surface area is 85.5 Å². The first-order valence-corrected chi connectivity index (χ1v) is 4.91. The van der Waals surface area contributed by atoms with Crippen molar-refractivity contribution in [2.75, 3.05) is 0 Å². The first-order valence-electron chi connectivity index (χ1n) is 4.91. The molecule has 14 heavy (non-hydrogen) atoms. The zero-order valence-electron chi connectivity index (χ0n) is 9.00. The van der Waals surface area contributed by atoms with Crippen molar-refractivity contribution < 1.29 is 4.79 Å². The average molecular weight is 188 g/mol. The van der Waals surface area contributed by atoms with Crippen molar-refractivity contribution in [1.29, 1.82) is 0 Å². The van der Waals surface area contributed by atoms with E-state index >= 15 is 0 Å². The van der Waals surface area contributed by atoms with Gasteiger partial charge in [-0.2, -0.15) is 0 Å². The topological polar surface area (TPSA) is 17.1 Å². The highest BCUT2D eigenvalue weighted by molar-refractivity contribution is 5.82. The van der Waals surface area contributed by atoms with E-state index in [1.165, 1.54) is 11.1 Å². The molecule has 0 saturated carbocycles. The number of rotatable bonds is 3. The van der Waals surface area contributed by atoms with Crippen LogP contribution in [0.25, 0.3) is 6.08 Å². The molecule has 74 valence electrons. The second kappa shape index (κ2) is 4.75. The summed E-state index contributed by atoms with van der Waals surface area (Å²) in [6.45, 7) is 6.16. The lowest BCUT2D eigenvalue weighted by atomic mass is 10.0. The third kappa shape index (κ3) is 2.32. The van der Waals surface area contributed by atoms with Crippen LogP contribution in [0.5, 0.6) is 0 Å². The summed E-state index contributed by atoms with van der Waals surface area (Å²) in [5, 5.41) is 0. The molecule has 0 aromatic heterocycles. The molecule has 0 amide bonds. The Kier molecular flexibility index (Phi) is 3.63. The molecule has 0 unspecified atom stereocenters. The molecule has 1 aromatic rings. The summed E-state index contributed by atoms with van der Waals surface area (Å²) in [4.78, 5) is 10.7. The Morgan fingerprint density at radius 1 is 1.36 bits per heavy atom. The molecule has 0 heterocycles. The van der Waals surface area contributed by atoms with Crippen LogP contribution >= 0.6 is 0 Å². The van der Waals surface area contributed by atoms with Crippen LogP contribution in [-0.2, 0) is 4.79 Å². The van der Waals surface area contributed by atoms with Crippen LogP contribution in [0.3, 0.4) is 0 Å². The van der Waals surface area contributed by atoms with Gasteiger partial charge < -0.3 is 0 Å². The highest BCUT2D eigenvalue weighted by Gasteiger charge is 1.98. The van der Waals surface area contributed by atoms with E-state index < -0.39 is 0 Å². The maximum atomic E-state index is 10.7. The summed E-state index contributed by atoms with van der Waals surface area (Å²) in [5.74, 6) is 0. The Balaban J connectivity index is 3.13. The minimum atomic E-state index is 0.789. The van der Waals surface area contributed by atoms with E-state index in [2.05, 4.69) is 19.9 Å². The molecule has 0 saturated heterocycles. The van der Waals surface area contributed by atoms with Gasteiger partial charge in [-0.25, -0.2) is 0 Å². The molecular weight excluding hydrogens is 172 g/mol. The number of hydrogen-bond donors (Lipinski definition) is 0. The Morgan fingerprint density at radius 3 is 2.64 bits per heavy atom. The molecule has 0 atom stereocenters. The third-order valence-electron chi connectivity index (χ3n) is 2.55. The van der Waals surface area contributed by atoms with Crippen molar-refractivity contribution in [1.82, 2.24) is 0 Å². The van der Waals surface area contributed by atoms with Crippen molar-refractivity contribution >= 4 is 12.4 Å². The molecule has 0 radical (unpaired) electrons. The van der Waals surface area contributed by atoms with Gasteiger partial charge in [-0.05, 0) is 48.6 Å². The van der Waals surface area contributed by atoms with E-state index in [1.807, 2.05) is 25.1 Å². The first-order chi connectivity index (χ1) is 6.69. The van der Waals surface area contributed by atoms with E-state index in [-0.39, 0.29) is 0 Å². The minimum absolute atomic E-state index is 0.789. The lowest BCUT2D eigenvalue weighted by Gasteiger charge is -2.04. The zero-order chi connectivity index (χ0) is 10.6. The lowest BCUT2D eigenvalue weighted by Crippen LogP contribution is -1.88. The molecule has 0 fully saturated rings. The molecule has 0 aliphatic heterocycles. The van der Waals surface area contributed by atoms with Crippen molar-refractivity contribution in [3.63, 3.8) is 0 Å². The van der Waals surface area contributed by atoms with Gasteiger partial charge >= 0.3 is 0 Å². The maximum Gasteiger partial charge on any atom is 0.146 e. The number of benzene rings is 1. The van der Waals surface area contributed by atoms with Gasteiger partial charge in [0.15, 0.2) is 0 Å². The van der Waals surface area contributed by atoms with Gasteiger partial charge in [-0.3, -0.25) is 4.79 Å². The first kappa shape index (κ1) is 10.7. The highest BCUT2D eigenvalue weighted by atomic mass is 16.1. The third-order valence-corrected chi connectivity index (χ3v) is 2.55. The molecule has 1 aromatic carbocycles. The Morgan fingerprint density at radius 2 is 2.07 bits per heavy atom. The standard InChI is InChI=1S/C13H16O/c1-4-12(9-14)8-13-7-5-6-10(2)11(13)3/h5-9H,4H2,1-3H3. The van der Waals surface area contributed by atoms with Crippen molar-refractivity contribution in [2.24, 2.45) is 0 Å². The monoisotopic (exact) mass is 188 g/mol. The van der Waals surface area contributed by atoms with Crippen LogP contribution in [0.2, 0.25) is 0 Å². The average Bonchev–Trinajstić information content (AvgIpc) is 2.20. The molecule has 1 heteroatoms. The van der Waals surface area contributed by atoms with Crippen LogP contribution in [0, 0.1) is 13.8 Å². The largest absolute Gasteiger partial charge is 0.298 e. The van der Waals surface area contributed by atoms with Crippen molar-refractivity contribution in [3.8, 4) is 0 Å². The second-order valence-electron chi connectivity index (χ2n) is 3.48. The summed E-state index contributed by atoms with van der Waals surface area (Å²) in [6.07, 6.45) is 3.69. The fraction of sp³-hybridized carbons (Fsp3) is 0.308. The summed E-state index contributed by atoms with van der Waals surface area (Å²) < 4.78 is 0. The summed E-state index contributed by atoms with van der Waals surface area (Å²) in [6, 6.07) is 6.15. The molecule has 0 spiro atoms. The molecule has 0 bridgehead atoms. The van der Waals surface area contributed by atoms with Gasteiger partial charge in [0, 0.05) is 0 Å². The smallest absolute Gasteiger partial charge is 0.146 e. The number of aldehydes is 1. The van der Waals surface area contributed by atoms with E-state index in [9.17, 15) is 4.79 Å². The van der Waals surface area contributed by atoms with E-state index in [0.717, 1.165) is 23.8 Å². The minimum Gasteiger partial charge on any atom is -0.298 e. The Hall–Kier alpha value is -1.37. The molecule has 1 nitrogen and oxygen atoms in total. The molecule has 1 rings (SSSR count). The zero-order valence-corrected chi connectivity index (χ0v) is 9.00. The predicted molar refractivity (Wildman–Crippen MR) is 60.2 cm³/mol. The van der Waals surface area contributed by atoms with E-state index in [1.54, 1.807) is 0 Å². The number of carbonyl (C=O) groups is 1. The second-order valence-corrected chi connectivity index (χ2v) is 3.48. The van der Waals surface area contributed by atoms with Gasteiger partial charge in [0.1, 0.15) is 6.29 Å². The molecule has 0 aliphatic carbocycles. The van der Waals surface area contributed by atoms with Gasteiger partial charge in [0.25, 0.3) is 0 Å². The van der Waals surface area contributed by atoms with Crippen molar-refractivity contribution in [2.45, 2.75) is 27.2 Å². The number of aryl methyl sites for hydroxylation is 1. The fourth-order valence-electron chi connectivity index (χ4n) is 1.35. The summed E-state index contributed by atoms with van der Waals surface area (Å²) >= 11 is 0. The van der Waals surface area contributed by atoms with Gasteiger partial charge in [-0.15, -0.1) is 0 Å². The number of carbonyl (C=O) groups excluding carboxylic acids is 1. The molecule has 0 aliphatic rings. The van der Waals surface area contributed by atoms with Crippen LogP contribution in [-0.4, -0.2) is 6.29 Å². The quantitative estimate of drug-likeness (QED) is 0.525. The highest BCUT2D eigenvalue weighted by Crippen LogP contribution is 2.16. The maximum absolute atomic E-state index is 10.7. The van der Waals surface area contributed by atoms with Gasteiger partial charge in [0.05, 0.1) is 0 Å². The molecular formula is C13H16O. The van der Waals surface area contributed by atoms with Gasteiger partial charge in [0.2, 0.25) is 0 Å². The number of hydrogen-bond acceptors (Lipinski definition) is 1. The Bertz CT molecular complexity index is 361. The van der Waals surface area contributed by atoms with Crippen LogP contribution < -0.4 is 0 Å². The summed E-state index contributed by atoms with van der Waals surface area (Å²) in [7, 11) is 0. The van der Waals surface area contributed by atoms with Gasteiger partial charge in [-0.1, -0.05) is 25.1 Å². The van der Waals surface area contributed by atoms with Crippen molar-refractivity contribution in [3.05, 3.63) is 40.5 Å². The normalized spacial score (nSPS) is 11.5. The summed E-state index contributed by atoms with van der Waals surface area (Å²) in [5.41, 5.74) is 4.51. The lowest BCUT2D eigenvalue weighted by molar-refractivity contribution is -0.104. The SMILES string of the molecule is CCC(C=O)=Cc1cccc(C)c1C. The van der Waals surface area contributed by atoms with Crippen LogP contribution in [0.15, 0.2) is 23.8 Å². The number of allylic oxidation sites excluding steroid dienone is 1. The van der Waals surface area contributed by atoms with Crippen LogP contribution in [0.4, 0.5) is 0 Å². The van der Waals surface area contributed by atoms with E-state index in [0.29, 0.717) is 0 Å². The predicted octanol–water partition coefficient (Wildman–Crippen LogP) is 3.30. The molecule has 0 N–H and O–H groups in total. The van der Waals surface area contributed by atoms with Crippen LogP contribution in [0.1, 0.15) is 30.0 Å². The fourth-order valence-corrected chi connectivity index (χ4v) is 1.35.